The van der Waals surface area contributed by atoms with E-state index in [1.54, 1.807) is 4.68 Å². The number of tetrazole rings is 1. The largest absolute Gasteiger partial charge is 0.481 e. The van der Waals surface area contributed by atoms with Crippen molar-refractivity contribution in [1.82, 2.24) is 20.2 Å². The number of carbonyl (C=O) groups is 1. The SMILES string of the molecule is CC[C@H]1[C@@H](O)C2[C@@H]3CC[C@H]([C@H](C)CCCn4nnnc4CC(=O)O)C3(C)CC[C@@H]2[C@@]2(C)CC[C@@H](O)C[C@@H]12. The summed E-state index contributed by atoms with van der Waals surface area (Å²) >= 11 is 0. The van der Waals surface area contributed by atoms with E-state index in [0.717, 1.165) is 38.5 Å². The number of carboxylic acids is 1. The maximum atomic E-state index is 11.9. The van der Waals surface area contributed by atoms with Gasteiger partial charge in [0, 0.05) is 6.54 Å². The van der Waals surface area contributed by atoms with Gasteiger partial charge in [0.25, 0.3) is 0 Å². The van der Waals surface area contributed by atoms with Gasteiger partial charge in [0.15, 0.2) is 5.82 Å². The maximum absolute atomic E-state index is 11.9. The highest BCUT2D eigenvalue weighted by Crippen LogP contribution is 2.69. The van der Waals surface area contributed by atoms with E-state index in [1.165, 1.54) is 25.7 Å². The number of hydrogen-bond donors (Lipinski definition) is 3. The Morgan fingerprint density at radius 2 is 1.81 bits per heavy atom. The monoisotopic (exact) mass is 516 g/mol. The highest BCUT2D eigenvalue weighted by atomic mass is 16.4. The van der Waals surface area contributed by atoms with Crippen molar-refractivity contribution in [3.8, 4) is 0 Å². The zero-order valence-electron chi connectivity index (χ0n) is 23.2. The molecule has 1 aromatic rings. The first-order chi connectivity index (χ1) is 17.6. The van der Waals surface area contributed by atoms with Crippen LogP contribution < -0.4 is 0 Å². The lowest BCUT2D eigenvalue weighted by molar-refractivity contribution is -0.203. The molecule has 208 valence electrons. The van der Waals surface area contributed by atoms with Gasteiger partial charge in [0.1, 0.15) is 6.42 Å². The third-order valence-electron chi connectivity index (χ3n) is 12.1. The highest BCUT2D eigenvalue weighted by Gasteiger charge is 2.64. The summed E-state index contributed by atoms with van der Waals surface area (Å²) < 4.78 is 1.65. The first-order valence-electron chi connectivity index (χ1n) is 14.9. The lowest BCUT2D eigenvalue weighted by Crippen LogP contribution is -2.62. The molecule has 1 aromatic heterocycles. The summed E-state index contributed by atoms with van der Waals surface area (Å²) in [6.45, 7) is 10.3. The minimum atomic E-state index is -0.912. The van der Waals surface area contributed by atoms with E-state index in [1.807, 2.05) is 0 Å². The Hall–Kier alpha value is -1.54. The quantitative estimate of drug-likeness (QED) is 0.470. The lowest BCUT2D eigenvalue weighted by Gasteiger charge is -2.64. The third kappa shape index (κ3) is 4.54. The molecule has 2 unspecified atom stereocenters. The van der Waals surface area contributed by atoms with E-state index < -0.39 is 5.97 Å². The minimum absolute atomic E-state index is 0.146. The van der Waals surface area contributed by atoms with Gasteiger partial charge in [-0.1, -0.05) is 34.1 Å². The molecule has 0 spiro atoms. The Morgan fingerprint density at radius 1 is 1.08 bits per heavy atom. The molecule has 4 aliphatic rings. The molecule has 5 rings (SSSR count). The van der Waals surface area contributed by atoms with E-state index in [4.69, 9.17) is 5.11 Å². The zero-order valence-corrected chi connectivity index (χ0v) is 23.2. The molecule has 1 heterocycles. The van der Waals surface area contributed by atoms with Crippen LogP contribution in [0.1, 0.15) is 97.7 Å². The predicted molar refractivity (Wildman–Crippen MR) is 139 cm³/mol. The Morgan fingerprint density at radius 3 is 2.54 bits per heavy atom. The third-order valence-corrected chi connectivity index (χ3v) is 12.1. The molecular formula is C29H48N4O4. The van der Waals surface area contributed by atoms with Crippen LogP contribution in [-0.2, 0) is 17.8 Å². The molecular weight excluding hydrogens is 468 g/mol. The first kappa shape index (κ1) is 27.0. The summed E-state index contributed by atoms with van der Waals surface area (Å²) in [5.74, 6) is 3.01. The van der Waals surface area contributed by atoms with Crippen LogP contribution in [0.2, 0.25) is 0 Å². The number of aromatic nitrogens is 4. The van der Waals surface area contributed by atoms with Gasteiger partial charge in [-0.25, -0.2) is 4.68 Å². The van der Waals surface area contributed by atoms with Crippen LogP contribution in [0.3, 0.4) is 0 Å². The normalized spacial score (nSPS) is 44.1. The van der Waals surface area contributed by atoms with Crippen LogP contribution in [-0.4, -0.2) is 53.7 Å². The summed E-state index contributed by atoms with van der Waals surface area (Å²) in [7, 11) is 0. The van der Waals surface area contributed by atoms with E-state index in [9.17, 15) is 15.0 Å². The number of hydrogen-bond acceptors (Lipinski definition) is 6. The minimum Gasteiger partial charge on any atom is -0.481 e. The van der Waals surface area contributed by atoms with E-state index in [2.05, 4.69) is 43.2 Å². The van der Waals surface area contributed by atoms with E-state index >= 15 is 0 Å². The molecule has 0 bridgehead atoms. The standard InChI is InChI=1S/C29H48N4O4/c1-5-19-23-15-18(34)10-12-29(23,4)22-11-13-28(3)20(8-9-21(28)26(22)27(19)37)17(2)7-6-14-33-24(16-25(35)36)30-31-32-33/h17-23,26-27,34,37H,5-16H2,1-4H3,(H,35,36)/t17-,18-,19-,20-,21+,22+,23+,26?,27-,28?,29-/m1/s1. The van der Waals surface area contributed by atoms with Crippen LogP contribution in [0, 0.1) is 52.3 Å². The Labute approximate surface area is 221 Å². The van der Waals surface area contributed by atoms with Crippen LogP contribution in [0.25, 0.3) is 0 Å². The molecule has 4 saturated carbocycles. The molecule has 11 atom stereocenters. The average Bonchev–Trinajstić information content (AvgIpc) is 3.43. The van der Waals surface area contributed by atoms with E-state index in [-0.39, 0.29) is 29.5 Å². The molecule has 4 aliphatic carbocycles. The van der Waals surface area contributed by atoms with Crippen molar-refractivity contribution < 1.29 is 20.1 Å². The topological polar surface area (TPSA) is 121 Å². The highest BCUT2D eigenvalue weighted by molar-refractivity contribution is 5.68. The van der Waals surface area contributed by atoms with Gasteiger partial charge in [-0.05, 0) is 120 Å². The van der Waals surface area contributed by atoms with Crippen LogP contribution in [0.4, 0.5) is 0 Å². The fraction of sp³-hybridized carbons (Fsp3) is 0.931. The first-order valence-corrected chi connectivity index (χ1v) is 14.9. The number of aliphatic hydroxyl groups excluding tert-OH is 2. The number of aryl methyl sites for hydroxylation is 1. The van der Waals surface area contributed by atoms with Crippen molar-refractivity contribution in [3.05, 3.63) is 5.82 Å². The molecule has 8 heteroatoms. The molecule has 8 nitrogen and oxygen atoms in total. The molecule has 37 heavy (non-hydrogen) atoms. The van der Waals surface area contributed by atoms with Crippen molar-refractivity contribution >= 4 is 5.97 Å². The van der Waals surface area contributed by atoms with Gasteiger partial charge in [-0.2, -0.15) is 0 Å². The number of fused-ring (bicyclic) bond motifs is 5. The number of rotatable bonds is 8. The van der Waals surface area contributed by atoms with Gasteiger partial charge in [-0.15, -0.1) is 5.10 Å². The zero-order chi connectivity index (χ0) is 26.5. The van der Waals surface area contributed by atoms with Gasteiger partial charge >= 0.3 is 5.97 Å². The van der Waals surface area contributed by atoms with E-state index in [0.29, 0.717) is 53.8 Å². The second-order valence-electron chi connectivity index (χ2n) is 13.6. The van der Waals surface area contributed by atoms with Gasteiger partial charge in [-0.3, -0.25) is 4.79 Å². The second-order valence-corrected chi connectivity index (χ2v) is 13.6. The van der Waals surface area contributed by atoms with Crippen molar-refractivity contribution in [2.75, 3.05) is 0 Å². The fourth-order valence-corrected chi connectivity index (χ4v) is 10.4. The van der Waals surface area contributed by atoms with Gasteiger partial charge in [0.2, 0.25) is 0 Å². The number of carboxylic acid groups (broad SMARTS) is 1. The fourth-order valence-electron chi connectivity index (χ4n) is 10.4. The molecule has 0 radical (unpaired) electrons. The van der Waals surface area contributed by atoms with Gasteiger partial charge in [0.05, 0.1) is 12.2 Å². The number of aliphatic carboxylic acids is 1. The summed E-state index contributed by atoms with van der Waals surface area (Å²) in [6, 6.07) is 0. The summed E-state index contributed by atoms with van der Waals surface area (Å²) in [4.78, 5) is 11.1. The van der Waals surface area contributed by atoms with Gasteiger partial charge < -0.3 is 15.3 Å². The van der Waals surface area contributed by atoms with Crippen LogP contribution in [0.15, 0.2) is 0 Å². The Kier molecular flexibility index (Phi) is 7.47. The Bertz CT molecular complexity index is 969. The molecule has 0 aliphatic heterocycles. The summed E-state index contributed by atoms with van der Waals surface area (Å²) in [5, 5.41) is 43.0. The summed E-state index contributed by atoms with van der Waals surface area (Å²) in [6.07, 6.45) is 10.2. The predicted octanol–water partition coefficient (Wildman–Crippen LogP) is 4.34. The van der Waals surface area contributed by atoms with Crippen LogP contribution >= 0.6 is 0 Å². The summed E-state index contributed by atoms with van der Waals surface area (Å²) in [5.41, 5.74) is 0.509. The van der Waals surface area contributed by atoms with Crippen molar-refractivity contribution in [1.29, 1.82) is 0 Å². The molecule has 0 saturated heterocycles. The van der Waals surface area contributed by atoms with Crippen LogP contribution in [0.5, 0.6) is 0 Å². The second kappa shape index (κ2) is 10.2. The Balaban J connectivity index is 1.28. The number of aliphatic hydroxyl groups is 2. The van der Waals surface area contributed by atoms with Crippen molar-refractivity contribution in [2.24, 2.45) is 52.3 Å². The van der Waals surface area contributed by atoms with Crippen molar-refractivity contribution in [3.63, 3.8) is 0 Å². The smallest absolute Gasteiger partial charge is 0.311 e. The molecule has 3 N–H and O–H groups in total. The number of nitrogens with zero attached hydrogens (tertiary/aromatic N) is 4. The molecule has 0 amide bonds. The molecule has 4 fully saturated rings. The molecule has 0 aromatic carbocycles. The average molecular weight is 517 g/mol. The lowest BCUT2D eigenvalue weighted by atomic mass is 9.41. The van der Waals surface area contributed by atoms with Crippen molar-refractivity contribution in [2.45, 2.75) is 117 Å². The maximum Gasteiger partial charge on any atom is 0.311 e.